The van der Waals surface area contributed by atoms with Gasteiger partial charge in [0.05, 0.1) is 11.8 Å². The van der Waals surface area contributed by atoms with Gasteiger partial charge >= 0.3 is 0 Å². The first-order chi connectivity index (χ1) is 9.26. The van der Waals surface area contributed by atoms with Crippen molar-refractivity contribution in [3.8, 4) is 0 Å². The van der Waals surface area contributed by atoms with Crippen LogP contribution in [0.5, 0.6) is 0 Å². The Morgan fingerprint density at radius 1 is 1.37 bits per heavy atom. The van der Waals surface area contributed by atoms with Gasteiger partial charge in [0.2, 0.25) is 0 Å². The van der Waals surface area contributed by atoms with E-state index in [1.165, 1.54) is 12.8 Å². The molecule has 0 radical (unpaired) electrons. The van der Waals surface area contributed by atoms with Crippen LogP contribution in [0.1, 0.15) is 24.8 Å². The number of anilines is 1. The first kappa shape index (κ1) is 12.9. The number of ether oxygens (including phenoxy) is 1. The third-order valence-electron chi connectivity index (χ3n) is 4.00. The van der Waals surface area contributed by atoms with Crippen molar-refractivity contribution >= 4 is 5.69 Å². The van der Waals surface area contributed by atoms with Crippen LogP contribution in [0.4, 0.5) is 10.1 Å². The molecule has 2 aliphatic rings. The molecule has 19 heavy (non-hydrogen) atoms. The summed E-state index contributed by atoms with van der Waals surface area (Å²) in [6.07, 6.45) is 3.72. The Morgan fingerprint density at radius 2 is 2.21 bits per heavy atom. The molecule has 2 fully saturated rings. The SMILES string of the molecule is COC1CCN(c2ccc(CNC3CC3)cc2F)C1. The maximum Gasteiger partial charge on any atom is 0.146 e. The van der Waals surface area contributed by atoms with Crippen LogP contribution in [0.25, 0.3) is 0 Å². The topological polar surface area (TPSA) is 24.5 Å². The Balaban J connectivity index is 1.65. The van der Waals surface area contributed by atoms with E-state index >= 15 is 0 Å². The van der Waals surface area contributed by atoms with Crippen LogP contribution in [0.2, 0.25) is 0 Å². The molecular weight excluding hydrogens is 243 g/mol. The van der Waals surface area contributed by atoms with Gasteiger partial charge in [-0.25, -0.2) is 4.39 Å². The molecule has 1 aliphatic heterocycles. The smallest absolute Gasteiger partial charge is 0.146 e. The van der Waals surface area contributed by atoms with Crippen molar-refractivity contribution in [3.63, 3.8) is 0 Å². The summed E-state index contributed by atoms with van der Waals surface area (Å²) in [5.74, 6) is -0.119. The molecule has 1 N–H and O–H groups in total. The Labute approximate surface area is 113 Å². The summed E-state index contributed by atoms with van der Waals surface area (Å²) < 4.78 is 19.5. The van der Waals surface area contributed by atoms with Crippen LogP contribution in [-0.2, 0) is 11.3 Å². The highest BCUT2D eigenvalue weighted by Crippen LogP contribution is 2.26. The third-order valence-corrected chi connectivity index (χ3v) is 4.00. The van der Waals surface area contributed by atoms with E-state index in [4.69, 9.17) is 4.74 Å². The second kappa shape index (κ2) is 5.47. The van der Waals surface area contributed by atoms with E-state index in [-0.39, 0.29) is 11.9 Å². The summed E-state index contributed by atoms with van der Waals surface area (Å²) in [5.41, 5.74) is 1.73. The molecule has 1 aromatic rings. The van der Waals surface area contributed by atoms with Gasteiger partial charge in [-0.2, -0.15) is 0 Å². The lowest BCUT2D eigenvalue weighted by Gasteiger charge is -2.19. The van der Waals surface area contributed by atoms with Crippen LogP contribution >= 0.6 is 0 Å². The molecular formula is C15H21FN2O. The van der Waals surface area contributed by atoms with Gasteiger partial charge < -0.3 is 15.0 Å². The van der Waals surface area contributed by atoms with E-state index in [1.807, 2.05) is 12.1 Å². The number of benzene rings is 1. The molecule has 1 aromatic carbocycles. The normalized spacial score (nSPS) is 23.1. The second-order valence-corrected chi connectivity index (χ2v) is 5.53. The fourth-order valence-corrected chi connectivity index (χ4v) is 2.61. The molecule has 0 aromatic heterocycles. The van der Waals surface area contributed by atoms with Gasteiger partial charge in [-0.3, -0.25) is 0 Å². The summed E-state index contributed by atoms with van der Waals surface area (Å²) in [5, 5.41) is 3.41. The standard InChI is InChI=1S/C15H21FN2O/c1-19-13-6-7-18(10-13)15-5-2-11(8-14(15)16)9-17-12-3-4-12/h2,5,8,12-13,17H,3-4,6-7,9-10H2,1H3. The molecule has 3 rings (SSSR count). The highest BCUT2D eigenvalue weighted by Gasteiger charge is 2.24. The second-order valence-electron chi connectivity index (χ2n) is 5.53. The van der Waals surface area contributed by atoms with Crippen molar-refractivity contribution in [1.29, 1.82) is 0 Å². The van der Waals surface area contributed by atoms with Gasteiger partial charge in [-0.05, 0) is 37.0 Å². The molecule has 1 unspecified atom stereocenters. The molecule has 0 bridgehead atoms. The number of nitrogens with zero attached hydrogens (tertiary/aromatic N) is 1. The fraction of sp³-hybridized carbons (Fsp3) is 0.600. The van der Waals surface area contributed by atoms with Gasteiger partial charge in [0, 0.05) is 32.8 Å². The van der Waals surface area contributed by atoms with Gasteiger partial charge in [-0.1, -0.05) is 6.07 Å². The molecule has 0 spiro atoms. The predicted octanol–water partition coefficient (Wildman–Crippen LogP) is 2.30. The number of rotatable bonds is 5. The molecule has 104 valence electrons. The van der Waals surface area contributed by atoms with E-state index in [0.717, 1.165) is 31.6 Å². The summed E-state index contributed by atoms with van der Waals surface area (Å²) in [6.45, 7) is 2.42. The molecule has 1 heterocycles. The molecule has 4 heteroatoms. The Bertz CT molecular complexity index is 448. The van der Waals surface area contributed by atoms with Crippen LogP contribution < -0.4 is 10.2 Å². The zero-order valence-electron chi connectivity index (χ0n) is 11.4. The monoisotopic (exact) mass is 264 g/mol. The first-order valence-corrected chi connectivity index (χ1v) is 7.06. The predicted molar refractivity (Wildman–Crippen MR) is 73.9 cm³/mol. The lowest BCUT2D eigenvalue weighted by atomic mass is 10.2. The molecule has 1 saturated heterocycles. The van der Waals surface area contributed by atoms with Gasteiger partial charge in [-0.15, -0.1) is 0 Å². The molecule has 1 aliphatic carbocycles. The maximum atomic E-state index is 14.2. The number of nitrogens with one attached hydrogen (secondary N) is 1. The van der Waals surface area contributed by atoms with E-state index in [0.29, 0.717) is 11.7 Å². The zero-order valence-corrected chi connectivity index (χ0v) is 11.4. The van der Waals surface area contributed by atoms with Crippen molar-refractivity contribution in [2.24, 2.45) is 0 Å². The summed E-state index contributed by atoms with van der Waals surface area (Å²) in [4.78, 5) is 2.07. The molecule has 1 saturated carbocycles. The highest BCUT2D eigenvalue weighted by atomic mass is 19.1. The quantitative estimate of drug-likeness (QED) is 0.883. The summed E-state index contributed by atoms with van der Waals surface area (Å²) in [6, 6.07) is 6.24. The van der Waals surface area contributed by atoms with Crippen LogP contribution in [-0.4, -0.2) is 32.3 Å². The van der Waals surface area contributed by atoms with Crippen LogP contribution in [0.3, 0.4) is 0 Å². The number of hydrogen-bond donors (Lipinski definition) is 1. The van der Waals surface area contributed by atoms with Crippen LogP contribution in [0.15, 0.2) is 18.2 Å². The van der Waals surface area contributed by atoms with Gasteiger partial charge in [0.1, 0.15) is 5.82 Å². The number of halogens is 1. The Hall–Kier alpha value is -1.13. The Kier molecular flexibility index (Phi) is 3.71. The zero-order chi connectivity index (χ0) is 13.2. The minimum Gasteiger partial charge on any atom is -0.380 e. The van der Waals surface area contributed by atoms with E-state index in [9.17, 15) is 4.39 Å². The molecule has 1 atom stereocenters. The maximum absolute atomic E-state index is 14.2. The fourth-order valence-electron chi connectivity index (χ4n) is 2.61. The van der Waals surface area contributed by atoms with Gasteiger partial charge in [0.15, 0.2) is 0 Å². The first-order valence-electron chi connectivity index (χ1n) is 7.06. The lowest BCUT2D eigenvalue weighted by molar-refractivity contribution is 0.121. The average molecular weight is 264 g/mol. The van der Waals surface area contributed by atoms with Crippen molar-refractivity contribution in [3.05, 3.63) is 29.6 Å². The van der Waals surface area contributed by atoms with Crippen molar-refractivity contribution in [1.82, 2.24) is 5.32 Å². The van der Waals surface area contributed by atoms with E-state index in [1.54, 1.807) is 13.2 Å². The van der Waals surface area contributed by atoms with Crippen molar-refractivity contribution in [2.45, 2.75) is 38.0 Å². The minimum absolute atomic E-state index is 0.119. The largest absolute Gasteiger partial charge is 0.380 e. The number of methoxy groups -OCH3 is 1. The summed E-state index contributed by atoms with van der Waals surface area (Å²) in [7, 11) is 1.72. The van der Waals surface area contributed by atoms with Crippen LogP contribution in [0, 0.1) is 5.82 Å². The number of hydrogen-bond acceptors (Lipinski definition) is 3. The lowest BCUT2D eigenvalue weighted by Crippen LogP contribution is -2.23. The van der Waals surface area contributed by atoms with Crippen molar-refractivity contribution in [2.75, 3.05) is 25.1 Å². The van der Waals surface area contributed by atoms with E-state index < -0.39 is 0 Å². The van der Waals surface area contributed by atoms with E-state index in [2.05, 4.69) is 10.2 Å². The average Bonchev–Trinajstić information content (AvgIpc) is 3.13. The molecule has 0 amide bonds. The Morgan fingerprint density at radius 3 is 2.84 bits per heavy atom. The highest BCUT2D eigenvalue weighted by molar-refractivity contribution is 5.50. The minimum atomic E-state index is -0.119. The van der Waals surface area contributed by atoms with Gasteiger partial charge in [0.25, 0.3) is 0 Å². The molecule has 3 nitrogen and oxygen atoms in total. The summed E-state index contributed by atoms with van der Waals surface area (Å²) >= 11 is 0. The van der Waals surface area contributed by atoms with Crippen molar-refractivity contribution < 1.29 is 9.13 Å². The third kappa shape index (κ3) is 3.07.